The van der Waals surface area contributed by atoms with E-state index in [0.717, 1.165) is 31.2 Å². The maximum Gasteiger partial charge on any atom is 0.248 e. The van der Waals surface area contributed by atoms with Crippen molar-refractivity contribution in [3.05, 3.63) is 47.5 Å². The summed E-state index contributed by atoms with van der Waals surface area (Å²) in [6, 6.07) is 10.5. The van der Waals surface area contributed by atoms with Crippen LogP contribution in [-0.4, -0.2) is 33.1 Å². The van der Waals surface area contributed by atoms with E-state index in [1.54, 1.807) is 45.6 Å². The molecule has 0 aromatic heterocycles. The maximum absolute atomic E-state index is 13.8. The minimum atomic E-state index is -0.541. The third-order valence-corrected chi connectivity index (χ3v) is 6.29. The second-order valence-corrected chi connectivity index (χ2v) is 9.80. The van der Waals surface area contributed by atoms with Crippen molar-refractivity contribution in [2.45, 2.75) is 59.3 Å². The number of ether oxygens (including phenoxy) is 3. The summed E-state index contributed by atoms with van der Waals surface area (Å²) in [5, 5.41) is 3.03. The fourth-order valence-electron chi connectivity index (χ4n) is 4.68. The van der Waals surface area contributed by atoms with Crippen molar-refractivity contribution < 1.29 is 23.8 Å². The minimum absolute atomic E-state index is 0.127. The predicted molar refractivity (Wildman–Crippen MR) is 140 cm³/mol. The average Bonchev–Trinajstić information content (AvgIpc) is 2.81. The standard InChI is InChI=1S/C28H40N2O5/c1-8-9-10-14-20(21-15-16-22(33-5)25(35-7)24(21)34-6)23(28(2,3)4)27(32)30-19-13-11-12-18(17-19)26(29)31/h11-13,15-17,20,23H,8-10,14H2,1-7H3,(H2,29,31)(H,30,32). The summed E-state index contributed by atoms with van der Waals surface area (Å²) in [5.41, 5.74) is 6.84. The number of nitrogens with one attached hydrogen (secondary N) is 1. The topological polar surface area (TPSA) is 99.9 Å². The zero-order chi connectivity index (χ0) is 26.2. The highest BCUT2D eigenvalue weighted by atomic mass is 16.5. The SMILES string of the molecule is CCCCCC(c1ccc(OC)c(OC)c1OC)C(C(=O)Nc1cccc(C(N)=O)c1)C(C)(C)C. The molecule has 0 aliphatic rings. The lowest BCUT2D eigenvalue weighted by atomic mass is 9.68. The highest BCUT2D eigenvalue weighted by molar-refractivity contribution is 5.97. The summed E-state index contributed by atoms with van der Waals surface area (Å²) in [6.07, 6.45) is 3.90. The first-order valence-electron chi connectivity index (χ1n) is 12.1. The Bertz CT molecular complexity index is 1010. The van der Waals surface area contributed by atoms with Crippen LogP contribution in [0, 0.1) is 11.3 Å². The van der Waals surface area contributed by atoms with Crippen LogP contribution in [-0.2, 0) is 4.79 Å². The third kappa shape index (κ3) is 6.90. The van der Waals surface area contributed by atoms with Crippen LogP contribution in [0.3, 0.4) is 0 Å². The summed E-state index contributed by atoms with van der Waals surface area (Å²) in [7, 11) is 4.77. The van der Waals surface area contributed by atoms with Crippen LogP contribution < -0.4 is 25.3 Å². The van der Waals surface area contributed by atoms with Gasteiger partial charge in [0.1, 0.15) is 0 Å². The van der Waals surface area contributed by atoms with Crippen molar-refractivity contribution in [1.29, 1.82) is 0 Å². The largest absolute Gasteiger partial charge is 0.493 e. The maximum atomic E-state index is 13.8. The van der Waals surface area contributed by atoms with Crippen LogP contribution in [0.25, 0.3) is 0 Å². The molecule has 2 unspecified atom stereocenters. The molecule has 35 heavy (non-hydrogen) atoms. The highest BCUT2D eigenvalue weighted by Gasteiger charge is 2.40. The molecular weight excluding hydrogens is 444 g/mol. The van der Waals surface area contributed by atoms with Gasteiger partial charge in [0.2, 0.25) is 17.6 Å². The molecule has 0 aliphatic heterocycles. The van der Waals surface area contributed by atoms with Crippen molar-refractivity contribution in [3.8, 4) is 17.2 Å². The van der Waals surface area contributed by atoms with E-state index in [1.165, 1.54) is 0 Å². The number of hydrogen-bond donors (Lipinski definition) is 2. The van der Waals surface area contributed by atoms with E-state index in [2.05, 4.69) is 33.0 Å². The van der Waals surface area contributed by atoms with Crippen LogP contribution in [0.5, 0.6) is 17.2 Å². The van der Waals surface area contributed by atoms with Gasteiger partial charge < -0.3 is 25.3 Å². The molecule has 2 aromatic rings. The number of hydrogen-bond acceptors (Lipinski definition) is 5. The molecule has 3 N–H and O–H groups in total. The molecule has 0 aliphatic carbocycles. The number of rotatable bonds is 12. The van der Waals surface area contributed by atoms with Gasteiger partial charge in [-0.25, -0.2) is 0 Å². The van der Waals surface area contributed by atoms with Crippen LogP contribution in [0.2, 0.25) is 0 Å². The van der Waals surface area contributed by atoms with Crippen LogP contribution in [0.15, 0.2) is 36.4 Å². The number of carbonyl (C=O) groups excluding carboxylic acids is 2. The van der Waals surface area contributed by atoms with Crippen molar-refractivity contribution >= 4 is 17.5 Å². The lowest BCUT2D eigenvalue weighted by molar-refractivity contribution is -0.124. The van der Waals surface area contributed by atoms with Gasteiger partial charge in [-0.05, 0) is 42.0 Å². The van der Waals surface area contributed by atoms with Crippen molar-refractivity contribution in [3.63, 3.8) is 0 Å². The smallest absolute Gasteiger partial charge is 0.248 e. The minimum Gasteiger partial charge on any atom is -0.493 e. The van der Waals surface area contributed by atoms with Gasteiger partial charge >= 0.3 is 0 Å². The summed E-state index contributed by atoms with van der Waals surface area (Å²) >= 11 is 0. The van der Waals surface area contributed by atoms with E-state index >= 15 is 0 Å². The summed E-state index contributed by atoms with van der Waals surface area (Å²) in [5.74, 6) is 0.444. The first kappa shape index (κ1) is 28.0. The van der Waals surface area contributed by atoms with Gasteiger partial charge in [-0.2, -0.15) is 0 Å². The number of carbonyl (C=O) groups is 2. The van der Waals surface area contributed by atoms with Crippen LogP contribution in [0.4, 0.5) is 5.69 Å². The Labute approximate surface area is 209 Å². The molecule has 0 spiro atoms. The van der Waals surface area contributed by atoms with E-state index in [-0.39, 0.29) is 17.2 Å². The van der Waals surface area contributed by atoms with Gasteiger partial charge in [0.05, 0.1) is 27.2 Å². The molecule has 0 bridgehead atoms. The monoisotopic (exact) mass is 484 g/mol. The lowest BCUT2D eigenvalue weighted by Crippen LogP contribution is -2.38. The van der Waals surface area contributed by atoms with Gasteiger partial charge in [-0.15, -0.1) is 0 Å². The van der Waals surface area contributed by atoms with Crippen molar-refractivity contribution in [2.75, 3.05) is 26.6 Å². The molecule has 192 valence electrons. The number of methoxy groups -OCH3 is 3. The first-order valence-corrected chi connectivity index (χ1v) is 12.1. The van der Waals surface area contributed by atoms with Crippen LogP contribution in [0.1, 0.15) is 75.2 Å². The Morgan fingerprint density at radius 2 is 1.66 bits per heavy atom. The Hall–Kier alpha value is -3.22. The number of unbranched alkanes of at least 4 members (excludes halogenated alkanes) is 2. The number of benzene rings is 2. The summed E-state index contributed by atoms with van der Waals surface area (Å²) < 4.78 is 16.9. The van der Waals surface area contributed by atoms with E-state index in [4.69, 9.17) is 19.9 Å². The van der Waals surface area contributed by atoms with Gasteiger partial charge in [0, 0.05) is 16.8 Å². The van der Waals surface area contributed by atoms with Gasteiger partial charge in [0.25, 0.3) is 0 Å². The van der Waals surface area contributed by atoms with E-state index < -0.39 is 11.8 Å². The molecule has 2 amide bonds. The molecule has 0 radical (unpaired) electrons. The quantitative estimate of drug-likeness (QED) is 0.372. The number of anilines is 1. The van der Waals surface area contributed by atoms with Gasteiger partial charge in [-0.1, -0.05) is 59.1 Å². The van der Waals surface area contributed by atoms with Gasteiger partial charge in [-0.3, -0.25) is 9.59 Å². The summed E-state index contributed by atoms with van der Waals surface area (Å²) in [4.78, 5) is 25.5. The normalized spacial score (nSPS) is 13.0. The zero-order valence-corrected chi connectivity index (χ0v) is 22.1. The molecule has 0 fully saturated rings. The number of amides is 2. The molecule has 7 nitrogen and oxygen atoms in total. The van der Waals surface area contributed by atoms with Gasteiger partial charge in [0.15, 0.2) is 11.5 Å². The molecule has 0 heterocycles. The molecule has 0 saturated heterocycles. The first-order chi connectivity index (χ1) is 16.6. The summed E-state index contributed by atoms with van der Waals surface area (Å²) in [6.45, 7) is 8.36. The Morgan fingerprint density at radius 1 is 0.971 bits per heavy atom. The predicted octanol–water partition coefficient (Wildman–Crippen LogP) is 5.78. The number of primary amides is 1. The highest BCUT2D eigenvalue weighted by Crippen LogP contribution is 2.49. The fourth-order valence-corrected chi connectivity index (χ4v) is 4.68. The lowest BCUT2D eigenvalue weighted by Gasteiger charge is -2.37. The van der Waals surface area contributed by atoms with Crippen molar-refractivity contribution in [2.24, 2.45) is 17.1 Å². The molecule has 2 atom stereocenters. The molecule has 0 saturated carbocycles. The van der Waals surface area contributed by atoms with E-state index in [9.17, 15) is 9.59 Å². The van der Waals surface area contributed by atoms with Crippen LogP contribution >= 0.6 is 0 Å². The Kier molecular flexibility index (Phi) is 9.99. The van der Waals surface area contributed by atoms with E-state index in [1.807, 2.05) is 12.1 Å². The van der Waals surface area contributed by atoms with Crippen molar-refractivity contribution in [1.82, 2.24) is 0 Å². The molecular formula is C28H40N2O5. The molecule has 7 heteroatoms. The van der Waals surface area contributed by atoms with E-state index in [0.29, 0.717) is 28.5 Å². The molecule has 2 aromatic carbocycles. The molecule has 2 rings (SSSR count). The number of nitrogens with two attached hydrogens (primary N) is 1. The average molecular weight is 485 g/mol. The Morgan fingerprint density at radius 3 is 2.20 bits per heavy atom. The zero-order valence-electron chi connectivity index (χ0n) is 22.1. The second-order valence-electron chi connectivity index (χ2n) is 9.80. The third-order valence-electron chi connectivity index (χ3n) is 6.29. The second kappa shape index (κ2) is 12.5. The fraction of sp³-hybridized carbons (Fsp3) is 0.500. The Balaban J connectivity index is 2.59.